The number of aromatic hydroxyl groups is 1. The number of anilines is 1. The lowest BCUT2D eigenvalue weighted by Crippen LogP contribution is -2.03. The molecule has 0 spiro atoms. The summed E-state index contributed by atoms with van der Waals surface area (Å²) in [7, 11) is 0. The molecule has 0 bridgehead atoms. The van der Waals surface area contributed by atoms with E-state index in [0.29, 0.717) is 6.54 Å². The number of imidazole rings is 1. The molecule has 0 aliphatic carbocycles. The molecule has 0 amide bonds. The molecule has 1 aromatic heterocycles. The topological polar surface area (TPSA) is 50.1 Å². The van der Waals surface area contributed by atoms with E-state index in [0.717, 1.165) is 16.9 Å². The predicted octanol–water partition coefficient (Wildman–Crippen LogP) is 3.33. The van der Waals surface area contributed by atoms with Crippen molar-refractivity contribution in [3.8, 4) is 11.4 Å². The zero-order chi connectivity index (χ0) is 14.7. The third kappa shape index (κ3) is 2.86. The number of hydrogen-bond acceptors (Lipinski definition) is 3. The number of phenols is 1. The van der Waals surface area contributed by atoms with Crippen molar-refractivity contribution in [1.82, 2.24) is 9.55 Å². The van der Waals surface area contributed by atoms with Crippen LogP contribution in [0.5, 0.6) is 5.75 Å². The fourth-order valence-electron chi connectivity index (χ4n) is 2.11. The summed E-state index contributed by atoms with van der Waals surface area (Å²) in [5.74, 6) is -0.949. The lowest BCUT2D eigenvalue weighted by molar-refractivity contribution is 0.432. The highest BCUT2D eigenvalue weighted by Gasteiger charge is 2.05. The summed E-state index contributed by atoms with van der Waals surface area (Å²) in [6.07, 6.45) is 5.30. The highest BCUT2D eigenvalue weighted by Crippen LogP contribution is 2.21. The van der Waals surface area contributed by atoms with Crippen LogP contribution < -0.4 is 5.32 Å². The smallest absolute Gasteiger partial charge is 0.165 e. The van der Waals surface area contributed by atoms with E-state index >= 15 is 0 Å². The highest BCUT2D eigenvalue weighted by atomic mass is 19.1. The van der Waals surface area contributed by atoms with E-state index < -0.39 is 5.82 Å². The van der Waals surface area contributed by atoms with Gasteiger partial charge in [-0.25, -0.2) is 9.37 Å². The van der Waals surface area contributed by atoms with E-state index in [4.69, 9.17) is 0 Å². The Balaban J connectivity index is 1.81. The van der Waals surface area contributed by atoms with Crippen LogP contribution in [0.1, 0.15) is 5.56 Å². The highest BCUT2D eigenvalue weighted by molar-refractivity contribution is 5.61. The number of rotatable bonds is 4. The molecular weight excluding hydrogens is 269 g/mol. The van der Waals surface area contributed by atoms with Crippen LogP contribution in [0.3, 0.4) is 0 Å². The van der Waals surface area contributed by atoms with E-state index in [1.807, 2.05) is 35.0 Å². The Bertz CT molecular complexity index is 741. The molecular formula is C16H14FN3O. The molecule has 3 rings (SSSR count). The first-order valence-corrected chi connectivity index (χ1v) is 6.52. The first-order valence-electron chi connectivity index (χ1n) is 6.52. The fraction of sp³-hybridized carbons (Fsp3) is 0.0625. The largest absolute Gasteiger partial charge is 0.505 e. The Kier molecular flexibility index (Phi) is 3.55. The van der Waals surface area contributed by atoms with E-state index in [1.165, 1.54) is 12.1 Å². The Morgan fingerprint density at radius 3 is 2.81 bits per heavy atom. The van der Waals surface area contributed by atoms with Gasteiger partial charge in [0.15, 0.2) is 11.6 Å². The lowest BCUT2D eigenvalue weighted by Gasteiger charge is -2.12. The summed E-state index contributed by atoms with van der Waals surface area (Å²) in [4.78, 5) is 4.04. The van der Waals surface area contributed by atoms with Gasteiger partial charge in [0.25, 0.3) is 0 Å². The van der Waals surface area contributed by atoms with Crippen LogP contribution in [0.15, 0.2) is 61.2 Å². The zero-order valence-corrected chi connectivity index (χ0v) is 11.2. The van der Waals surface area contributed by atoms with Gasteiger partial charge in [0.05, 0.1) is 17.7 Å². The van der Waals surface area contributed by atoms with Gasteiger partial charge in [-0.2, -0.15) is 0 Å². The second-order valence-electron chi connectivity index (χ2n) is 4.63. The minimum atomic E-state index is -0.614. The Hall–Kier alpha value is -2.82. The van der Waals surface area contributed by atoms with Gasteiger partial charge in [0.2, 0.25) is 0 Å². The van der Waals surface area contributed by atoms with Crippen molar-refractivity contribution >= 4 is 5.69 Å². The van der Waals surface area contributed by atoms with Crippen LogP contribution in [-0.4, -0.2) is 14.7 Å². The van der Waals surface area contributed by atoms with Gasteiger partial charge in [-0.1, -0.05) is 18.2 Å². The molecule has 106 valence electrons. The molecule has 0 saturated heterocycles. The number of phenolic OH excluding ortho intramolecular Hbond substituents is 1. The number of para-hydroxylation sites is 2. The van der Waals surface area contributed by atoms with E-state index in [9.17, 15) is 9.50 Å². The Labute approximate surface area is 121 Å². The minimum absolute atomic E-state index is 0.336. The SMILES string of the molecule is Oc1ccc(CNc2ccccc2-n2ccnc2)cc1F. The maximum Gasteiger partial charge on any atom is 0.165 e. The van der Waals surface area contributed by atoms with Crippen LogP contribution in [0.25, 0.3) is 5.69 Å². The van der Waals surface area contributed by atoms with Crippen molar-refractivity contribution in [3.05, 3.63) is 72.6 Å². The Morgan fingerprint density at radius 2 is 2.05 bits per heavy atom. The van der Waals surface area contributed by atoms with Crippen molar-refractivity contribution < 1.29 is 9.50 Å². The molecule has 2 N–H and O–H groups in total. The number of benzene rings is 2. The second kappa shape index (κ2) is 5.66. The first-order chi connectivity index (χ1) is 10.2. The number of halogens is 1. The molecule has 0 radical (unpaired) electrons. The molecule has 0 aliphatic heterocycles. The standard InChI is InChI=1S/C16H14FN3O/c17-13-9-12(5-6-16(13)21)10-19-14-3-1-2-4-15(14)20-8-7-18-11-20/h1-9,11,19,21H,10H2. The molecule has 4 nitrogen and oxygen atoms in total. The average Bonchev–Trinajstić information content (AvgIpc) is 3.03. The van der Waals surface area contributed by atoms with Gasteiger partial charge in [0.1, 0.15) is 0 Å². The van der Waals surface area contributed by atoms with Gasteiger partial charge in [-0.3, -0.25) is 0 Å². The van der Waals surface area contributed by atoms with E-state index in [1.54, 1.807) is 18.6 Å². The van der Waals surface area contributed by atoms with Crippen LogP contribution in [0, 0.1) is 5.82 Å². The van der Waals surface area contributed by atoms with Crippen molar-refractivity contribution in [1.29, 1.82) is 0 Å². The average molecular weight is 283 g/mol. The van der Waals surface area contributed by atoms with Crippen molar-refractivity contribution in [2.75, 3.05) is 5.32 Å². The monoisotopic (exact) mass is 283 g/mol. The minimum Gasteiger partial charge on any atom is -0.505 e. The number of aromatic nitrogens is 2. The van der Waals surface area contributed by atoms with E-state index in [2.05, 4.69) is 10.3 Å². The molecule has 0 fully saturated rings. The van der Waals surface area contributed by atoms with Crippen LogP contribution in [0.4, 0.5) is 10.1 Å². The quantitative estimate of drug-likeness (QED) is 0.772. The molecule has 0 aliphatic rings. The number of hydrogen-bond donors (Lipinski definition) is 2. The molecule has 1 heterocycles. The lowest BCUT2D eigenvalue weighted by atomic mass is 10.2. The van der Waals surface area contributed by atoms with Crippen molar-refractivity contribution in [2.45, 2.75) is 6.54 Å². The summed E-state index contributed by atoms with van der Waals surface area (Å²) >= 11 is 0. The van der Waals surface area contributed by atoms with Gasteiger partial charge in [-0.05, 0) is 29.8 Å². The zero-order valence-electron chi connectivity index (χ0n) is 11.2. The number of nitrogens with zero attached hydrogens (tertiary/aromatic N) is 2. The third-order valence-corrected chi connectivity index (χ3v) is 3.18. The van der Waals surface area contributed by atoms with Gasteiger partial charge in [0, 0.05) is 18.9 Å². The van der Waals surface area contributed by atoms with Crippen LogP contribution >= 0.6 is 0 Å². The molecule has 3 aromatic rings. The molecule has 2 aromatic carbocycles. The summed E-state index contributed by atoms with van der Waals surface area (Å²) in [5.41, 5.74) is 2.64. The fourth-order valence-corrected chi connectivity index (χ4v) is 2.11. The van der Waals surface area contributed by atoms with Gasteiger partial charge < -0.3 is 15.0 Å². The predicted molar refractivity (Wildman–Crippen MR) is 79.0 cm³/mol. The summed E-state index contributed by atoms with van der Waals surface area (Å²) in [5, 5.41) is 12.5. The summed E-state index contributed by atoms with van der Waals surface area (Å²) < 4.78 is 15.2. The molecule has 21 heavy (non-hydrogen) atoms. The maximum atomic E-state index is 13.3. The van der Waals surface area contributed by atoms with E-state index in [-0.39, 0.29) is 5.75 Å². The molecule has 0 unspecified atom stereocenters. The van der Waals surface area contributed by atoms with Crippen molar-refractivity contribution in [2.24, 2.45) is 0 Å². The first kappa shape index (κ1) is 13.2. The van der Waals surface area contributed by atoms with Crippen molar-refractivity contribution in [3.63, 3.8) is 0 Å². The van der Waals surface area contributed by atoms with Crippen LogP contribution in [0.2, 0.25) is 0 Å². The summed E-state index contributed by atoms with van der Waals surface area (Å²) in [6.45, 7) is 0.461. The second-order valence-corrected chi connectivity index (χ2v) is 4.63. The van der Waals surface area contributed by atoms with Gasteiger partial charge in [-0.15, -0.1) is 0 Å². The molecule has 0 atom stereocenters. The maximum absolute atomic E-state index is 13.3. The summed E-state index contributed by atoms with van der Waals surface area (Å²) in [6, 6.07) is 12.2. The van der Waals surface area contributed by atoms with Gasteiger partial charge >= 0.3 is 0 Å². The number of nitrogens with one attached hydrogen (secondary N) is 1. The molecule has 5 heteroatoms. The third-order valence-electron chi connectivity index (χ3n) is 3.18. The molecule has 0 saturated carbocycles. The Morgan fingerprint density at radius 1 is 1.19 bits per heavy atom. The van der Waals surface area contributed by atoms with Crippen LogP contribution in [-0.2, 0) is 6.54 Å². The normalized spacial score (nSPS) is 10.5.